The smallest absolute Gasteiger partial charge is 0.269 e. The van der Waals surface area contributed by atoms with Gasteiger partial charge in [0.25, 0.3) is 5.91 Å². The van der Waals surface area contributed by atoms with Crippen LogP contribution in [0.1, 0.15) is 23.7 Å². The van der Waals surface area contributed by atoms with Crippen LogP contribution in [0.3, 0.4) is 0 Å². The van der Waals surface area contributed by atoms with Gasteiger partial charge in [0.15, 0.2) is 5.11 Å². The van der Waals surface area contributed by atoms with Gasteiger partial charge in [-0.05, 0) is 30.8 Å². The van der Waals surface area contributed by atoms with Gasteiger partial charge < -0.3 is 5.32 Å². The zero-order chi connectivity index (χ0) is 11.8. The summed E-state index contributed by atoms with van der Waals surface area (Å²) in [4.78, 5) is 15.4. The fourth-order valence-electron chi connectivity index (χ4n) is 0.972. The van der Waals surface area contributed by atoms with Crippen molar-refractivity contribution in [1.82, 2.24) is 21.2 Å². The minimum Gasteiger partial charge on any atom is -0.361 e. The number of aromatic nitrogens is 1. The maximum Gasteiger partial charge on any atom is 0.269 e. The molecule has 1 heterocycles. The number of nitrogens with zero attached hydrogens (tertiary/aromatic N) is 1. The summed E-state index contributed by atoms with van der Waals surface area (Å²) in [6.07, 6.45) is 4.09. The highest BCUT2D eigenvalue weighted by molar-refractivity contribution is 7.80. The summed E-state index contributed by atoms with van der Waals surface area (Å²) in [5.41, 5.74) is 5.63. The monoisotopic (exact) mass is 238 g/mol. The average Bonchev–Trinajstić information content (AvgIpc) is 2.34. The molecule has 3 N–H and O–H groups in total. The summed E-state index contributed by atoms with van der Waals surface area (Å²) >= 11 is 4.94. The van der Waals surface area contributed by atoms with Gasteiger partial charge in [-0.25, -0.2) is 0 Å². The standard InChI is InChI=1S/C10H14N4OS/c1-2-5-12-10(16)14-13-9(15)8-3-6-11-7-4-8/h3-4,6-7H,2,5H2,1H3,(H,13,15)(H2,12,14,16). The van der Waals surface area contributed by atoms with Crippen molar-refractivity contribution >= 4 is 23.2 Å². The maximum absolute atomic E-state index is 11.5. The van der Waals surface area contributed by atoms with Crippen molar-refractivity contribution in [3.05, 3.63) is 30.1 Å². The Morgan fingerprint density at radius 3 is 2.69 bits per heavy atom. The van der Waals surface area contributed by atoms with Crippen LogP contribution in [0.4, 0.5) is 0 Å². The molecule has 1 aromatic heterocycles. The minimum absolute atomic E-state index is 0.247. The first-order valence-electron chi connectivity index (χ1n) is 4.98. The number of amides is 1. The van der Waals surface area contributed by atoms with Gasteiger partial charge in [-0.15, -0.1) is 0 Å². The van der Waals surface area contributed by atoms with Crippen molar-refractivity contribution in [1.29, 1.82) is 0 Å². The number of pyridine rings is 1. The molecular formula is C10H14N4OS. The number of nitrogens with one attached hydrogen (secondary N) is 3. The molecule has 0 aromatic carbocycles. The Morgan fingerprint density at radius 2 is 2.06 bits per heavy atom. The van der Waals surface area contributed by atoms with E-state index in [9.17, 15) is 4.79 Å². The lowest BCUT2D eigenvalue weighted by atomic mass is 10.3. The number of carbonyl (C=O) groups excluding carboxylic acids is 1. The number of hydrogen-bond acceptors (Lipinski definition) is 3. The molecule has 6 heteroatoms. The number of carbonyl (C=O) groups is 1. The topological polar surface area (TPSA) is 66.0 Å². The second-order valence-corrected chi connectivity index (χ2v) is 3.48. The Kier molecular flexibility index (Phi) is 5.21. The third-order valence-corrected chi connectivity index (χ3v) is 2.01. The number of thiocarbonyl (C=S) groups is 1. The molecule has 0 saturated carbocycles. The molecule has 0 aliphatic carbocycles. The van der Waals surface area contributed by atoms with Crippen molar-refractivity contribution in [2.75, 3.05) is 6.54 Å². The van der Waals surface area contributed by atoms with Gasteiger partial charge in [0.1, 0.15) is 0 Å². The van der Waals surface area contributed by atoms with E-state index in [2.05, 4.69) is 21.2 Å². The summed E-state index contributed by atoms with van der Waals surface area (Å²) in [5.74, 6) is -0.247. The van der Waals surface area contributed by atoms with E-state index in [1.165, 1.54) is 0 Å². The second kappa shape index (κ2) is 6.73. The molecule has 0 aliphatic rings. The Hall–Kier alpha value is -1.69. The van der Waals surface area contributed by atoms with Crippen molar-refractivity contribution in [3.8, 4) is 0 Å². The molecule has 0 radical (unpaired) electrons. The van der Waals surface area contributed by atoms with E-state index in [4.69, 9.17) is 12.2 Å². The molecule has 0 bridgehead atoms. The summed E-state index contributed by atoms with van der Waals surface area (Å²) in [6.45, 7) is 2.81. The molecule has 1 rings (SSSR count). The number of rotatable bonds is 3. The normalized spacial score (nSPS) is 9.31. The van der Waals surface area contributed by atoms with Gasteiger partial charge in [-0.3, -0.25) is 20.6 Å². The lowest BCUT2D eigenvalue weighted by Gasteiger charge is -2.10. The molecule has 0 spiro atoms. The number of hydrogen-bond donors (Lipinski definition) is 3. The summed E-state index contributed by atoms with van der Waals surface area (Å²) in [6, 6.07) is 3.25. The largest absolute Gasteiger partial charge is 0.361 e. The van der Waals surface area contributed by atoms with Crippen LogP contribution in [-0.2, 0) is 0 Å². The molecule has 0 aliphatic heterocycles. The molecule has 0 saturated heterocycles. The van der Waals surface area contributed by atoms with E-state index in [0.29, 0.717) is 10.7 Å². The van der Waals surface area contributed by atoms with E-state index in [0.717, 1.165) is 13.0 Å². The Balaban J connectivity index is 2.33. The van der Waals surface area contributed by atoms with Gasteiger partial charge in [-0.1, -0.05) is 6.92 Å². The SMILES string of the molecule is CCCNC(=S)NNC(=O)c1ccncc1. The van der Waals surface area contributed by atoms with Crippen LogP contribution < -0.4 is 16.2 Å². The van der Waals surface area contributed by atoms with Crippen LogP contribution in [0.15, 0.2) is 24.5 Å². The van der Waals surface area contributed by atoms with Crippen LogP contribution >= 0.6 is 12.2 Å². The second-order valence-electron chi connectivity index (χ2n) is 3.07. The van der Waals surface area contributed by atoms with Crippen LogP contribution in [0.25, 0.3) is 0 Å². The van der Waals surface area contributed by atoms with E-state index in [1.54, 1.807) is 24.5 Å². The quantitative estimate of drug-likeness (QED) is 0.531. The van der Waals surface area contributed by atoms with Crippen LogP contribution in [-0.4, -0.2) is 22.5 Å². The summed E-state index contributed by atoms with van der Waals surface area (Å²) in [7, 11) is 0. The van der Waals surface area contributed by atoms with E-state index < -0.39 is 0 Å². The predicted octanol–water partition coefficient (Wildman–Crippen LogP) is 0.600. The molecule has 86 valence electrons. The van der Waals surface area contributed by atoms with Crippen LogP contribution in [0.5, 0.6) is 0 Å². The lowest BCUT2D eigenvalue weighted by Crippen LogP contribution is -2.46. The third kappa shape index (κ3) is 4.22. The fraction of sp³-hybridized carbons (Fsp3) is 0.300. The van der Waals surface area contributed by atoms with E-state index in [1.807, 2.05) is 6.92 Å². The molecular weight excluding hydrogens is 224 g/mol. The Bertz CT molecular complexity index is 355. The van der Waals surface area contributed by atoms with Crippen molar-refractivity contribution in [2.45, 2.75) is 13.3 Å². The maximum atomic E-state index is 11.5. The molecule has 1 amide bonds. The molecule has 0 atom stereocenters. The first kappa shape index (κ1) is 12.4. The molecule has 16 heavy (non-hydrogen) atoms. The lowest BCUT2D eigenvalue weighted by molar-refractivity contribution is 0.0943. The average molecular weight is 238 g/mol. The van der Waals surface area contributed by atoms with Crippen molar-refractivity contribution in [2.24, 2.45) is 0 Å². The molecule has 0 fully saturated rings. The first-order valence-corrected chi connectivity index (χ1v) is 5.39. The van der Waals surface area contributed by atoms with Crippen molar-refractivity contribution < 1.29 is 4.79 Å². The highest BCUT2D eigenvalue weighted by Crippen LogP contribution is 1.94. The predicted molar refractivity (Wildman–Crippen MR) is 65.7 cm³/mol. The number of hydrazine groups is 1. The zero-order valence-corrected chi connectivity index (χ0v) is 9.80. The molecule has 5 nitrogen and oxygen atoms in total. The van der Waals surface area contributed by atoms with Gasteiger partial charge in [0.2, 0.25) is 0 Å². The highest BCUT2D eigenvalue weighted by atomic mass is 32.1. The molecule has 0 unspecified atom stereocenters. The summed E-state index contributed by atoms with van der Waals surface area (Å²) < 4.78 is 0. The zero-order valence-electron chi connectivity index (χ0n) is 8.99. The van der Waals surface area contributed by atoms with Crippen molar-refractivity contribution in [3.63, 3.8) is 0 Å². The van der Waals surface area contributed by atoms with E-state index >= 15 is 0 Å². The highest BCUT2D eigenvalue weighted by Gasteiger charge is 2.03. The Labute approximate surface area is 99.6 Å². The minimum atomic E-state index is -0.247. The third-order valence-electron chi connectivity index (χ3n) is 1.77. The Morgan fingerprint density at radius 1 is 1.38 bits per heavy atom. The summed E-state index contributed by atoms with van der Waals surface area (Å²) in [5, 5.41) is 3.34. The van der Waals surface area contributed by atoms with E-state index in [-0.39, 0.29) is 5.91 Å². The van der Waals surface area contributed by atoms with Crippen LogP contribution in [0.2, 0.25) is 0 Å². The van der Waals surface area contributed by atoms with Gasteiger partial charge in [-0.2, -0.15) is 0 Å². The van der Waals surface area contributed by atoms with Gasteiger partial charge >= 0.3 is 0 Å². The fourth-order valence-corrected chi connectivity index (χ4v) is 1.12. The van der Waals surface area contributed by atoms with Gasteiger partial charge in [0.05, 0.1) is 0 Å². The van der Waals surface area contributed by atoms with Gasteiger partial charge in [0, 0.05) is 24.5 Å². The molecule has 1 aromatic rings. The first-order chi connectivity index (χ1) is 7.74. The van der Waals surface area contributed by atoms with Crippen LogP contribution in [0, 0.1) is 0 Å².